The van der Waals surface area contributed by atoms with Gasteiger partial charge < -0.3 is 5.11 Å². The molecule has 92 valence electrons. The molecule has 0 aromatic heterocycles. The van der Waals surface area contributed by atoms with Crippen LogP contribution in [0, 0.1) is 0 Å². The first-order valence-electron chi connectivity index (χ1n) is 6.25. The Balaban J connectivity index is 1.92. The van der Waals surface area contributed by atoms with Crippen LogP contribution in [0.3, 0.4) is 0 Å². The zero-order chi connectivity index (χ0) is 12.1. The molecule has 1 aliphatic carbocycles. The summed E-state index contributed by atoms with van der Waals surface area (Å²) in [4.78, 5) is 0. The molecule has 0 saturated heterocycles. The highest BCUT2D eigenvalue weighted by molar-refractivity contribution is 5.79. The van der Waals surface area contributed by atoms with Crippen molar-refractivity contribution >= 4 is 6.21 Å². The standard InChI is InChI=1S/C14H20N2O/c1-16(13-8-5-9-14(17)10-13)15-11-12-6-3-2-4-7-12/h2-4,6-7,11,13-14,17H,5,8-10H2,1H3/b15-11+/t13-,14-/m0/s1. The smallest absolute Gasteiger partial charge is 0.0560 e. The molecule has 1 N–H and O–H groups in total. The largest absolute Gasteiger partial charge is 0.393 e. The van der Waals surface area contributed by atoms with Gasteiger partial charge in [-0.15, -0.1) is 0 Å². The summed E-state index contributed by atoms with van der Waals surface area (Å²) >= 11 is 0. The fraction of sp³-hybridized carbons (Fsp3) is 0.500. The lowest BCUT2D eigenvalue weighted by Gasteiger charge is -2.31. The summed E-state index contributed by atoms with van der Waals surface area (Å²) in [6.07, 6.45) is 5.72. The number of hydrogen-bond donors (Lipinski definition) is 1. The zero-order valence-corrected chi connectivity index (χ0v) is 10.3. The van der Waals surface area contributed by atoms with Crippen LogP contribution in [0.2, 0.25) is 0 Å². The summed E-state index contributed by atoms with van der Waals surface area (Å²) in [5.74, 6) is 0. The number of hydrogen-bond acceptors (Lipinski definition) is 3. The van der Waals surface area contributed by atoms with E-state index in [4.69, 9.17) is 0 Å². The molecule has 0 amide bonds. The van der Waals surface area contributed by atoms with Crippen molar-refractivity contribution in [1.29, 1.82) is 0 Å². The number of nitrogens with zero attached hydrogens (tertiary/aromatic N) is 2. The van der Waals surface area contributed by atoms with E-state index < -0.39 is 0 Å². The predicted octanol–water partition coefficient (Wildman–Crippen LogP) is 2.26. The van der Waals surface area contributed by atoms with E-state index in [1.165, 1.54) is 0 Å². The first-order valence-corrected chi connectivity index (χ1v) is 6.25. The van der Waals surface area contributed by atoms with E-state index in [0.717, 1.165) is 31.2 Å². The van der Waals surface area contributed by atoms with Gasteiger partial charge in [0.15, 0.2) is 0 Å². The second-order valence-electron chi connectivity index (χ2n) is 4.70. The van der Waals surface area contributed by atoms with Crippen LogP contribution in [-0.2, 0) is 0 Å². The third-order valence-electron chi connectivity index (χ3n) is 3.34. The van der Waals surface area contributed by atoms with Crippen molar-refractivity contribution in [1.82, 2.24) is 5.01 Å². The monoisotopic (exact) mass is 232 g/mol. The maximum Gasteiger partial charge on any atom is 0.0560 e. The van der Waals surface area contributed by atoms with E-state index in [9.17, 15) is 5.11 Å². The van der Waals surface area contributed by atoms with E-state index in [1.807, 2.05) is 48.6 Å². The van der Waals surface area contributed by atoms with Crippen molar-refractivity contribution in [3.8, 4) is 0 Å². The van der Waals surface area contributed by atoms with E-state index in [-0.39, 0.29) is 6.10 Å². The van der Waals surface area contributed by atoms with Gasteiger partial charge in [0, 0.05) is 13.1 Å². The van der Waals surface area contributed by atoms with Crippen LogP contribution in [0.25, 0.3) is 0 Å². The molecule has 2 atom stereocenters. The van der Waals surface area contributed by atoms with E-state index in [0.29, 0.717) is 6.04 Å². The summed E-state index contributed by atoms with van der Waals surface area (Å²) in [6, 6.07) is 10.5. The Hall–Kier alpha value is -1.35. The van der Waals surface area contributed by atoms with Gasteiger partial charge >= 0.3 is 0 Å². The second-order valence-corrected chi connectivity index (χ2v) is 4.70. The van der Waals surface area contributed by atoms with E-state index in [1.54, 1.807) is 0 Å². The molecule has 1 aromatic rings. The molecule has 2 rings (SSSR count). The van der Waals surface area contributed by atoms with Crippen LogP contribution >= 0.6 is 0 Å². The molecule has 3 heteroatoms. The molecule has 0 bridgehead atoms. The van der Waals surface area contributed by atoms with Gasteiger partial charge in [-0.1, -0.05) is 30.3 Å². The van der Waals surface area contributed by atoms with Crippen LogP contribution in [-0.4, -0.2) is 35.5 Å². The molecule has 1 saturated carbocycles. The minimum absolute atomic E-state index is 0.150. The Morgan fingerprint density at radius 3 is 2.76 bits per heavy atom. The molecule has 3 nitrogen and oxygen atoms in total. The SMILES string of the molecule is CN(/N=C/c1ccccc1)[C@H]1CCC[C@H](O)C1. The van der Waals surface area contributed by atoms with Gasteiger partial charge in [-0.3, -0.25) is 5.01 Å². The quantitative estimate of drug-likeness (QED) is 0.641. The molecule has 17 heavy (non-hydrogen) atoms. The lowest BCUT2D eigenvalue weighted by Crippen LogP contribution is -2.34. The maximum atomic E-state index is 9.64. The van der Waals surface area contributed by atoms with Gasteiger partial charge in [0.2, 0.25) is 0 Å². The summed E-state index contributed by atoms with van der Waals surface area (Å²) in [5.41, 5.74) is 1.11. The highest BCUT2D eigenvalue weighted by atomic mass is 16.3. The van der Waals surface area contributed by atoms with Crippen molar-refractivity contribution < 1.29 is 5.11 Å². The molecule has 0 spiro atoms. The fourth-order valence-electron chi connectivity index (χ4n) is 2.27. The number of benzene rings is 1. The third-order valence-corrected chi connectivity index (χ3v) is 3.34. The van der Waals surface area contributed by atoms with Crippen molar-refractivity contribution in [3.63, 3.8) is 0 Å². The van der Waals surface area contributed by atoms with Gasteiger partial charge in [-0.25, -0.2) is 0 Å². The molecular weight excluding hydrogens is 212 g/mol. The van der Waals surface area contributed by atoms with E-state index in [2.05, 4.69) is 5.10 Å². The third kappa shape index (κ3) is 3.56. The first-order chi connectivity index (χ1) is 8.25. The Kier molecular flexibility index (Phi) is 4.15. The normalized spacial score (nSPS) is 25.1. The fourth-order valence-corrected chi connectivity index (χ4v) is 2.27. The molecule has 1 aliphatic rings. The first kappa shape index (κ1) is 12.1. The van der Waals surface area contributed by atoms with Crippen LogP contribution < -0.4 is 0 Å². The summed E-state index contributed by atoms with van der Waals surface area (Å²) < 4.78 is 0. The predicted molar refractivity (Wildman–Crippen MR) is 70.1 cm³/mol. The second kappa shape index (κ2) is 5.82. The molecule has 0 radical (unpaired) electrons. The number of hydrazone groups is 1. The van der Waals surface area contributed by atoms with Crippen LogP contribution in [0.5, 0.6) is 0 Å². The average Bonchev–Trinajstić information content (AvgIpc) is 2.37. The van der Waals surface area contributed by atoms with Gasteiger partial charge in [-0.2, -0.15) is 5.10 Å². The molecule has 0 heterocycles. The van der Waals surface area contributed by atoms with Crippen molar-refractivity contribution in [3.05, 3.63) is 35.9 Å². The highest BCUT2D eigenvalue weighted by Crippen LogP contribution is 2.22. The lowest BCUT2D eigenvalue weighted by atomic mass is 9.93. The molecule has 0 aliphatic heterocycles. The van der Waals surface area contributed by atoms with Gasteiger partial charge in [0.25, 0.3) is 0 Å². The van der Waals surface area contributed by atoms with Crippen LogP contribution in [0.1, 0.15) is 31.2 Å². The average molecular weight is 232 g/mol. The summed E-state index contributed by atoms with van der Waals surface area (Å²) in [6.45, 7) is 0. The van der Waals surface area contributed by atoms with Crippen LogP contribution in [0.4, 0.5) is 0 Å². The summed E-state index contributed by atoms with van der Waals surface area (Å²) in [5, 5.41) is 16.1. The number of rotatable bonds is 3. The Morgan fingerprint density at radius 1 is 1.29 bits per heavy atom. The number of aliphatic hydroxyl groups is 1. The van der Waals surface area contributed by atoms with Gasteiger partial charge in [0.1, 0.15) is 0 Å². The topological polar surface area (TPSA) is 35.8 Å². The van der Waals surface area contributed by atoms with Crippen molar-refractivity contribution in [2.75, 3.05) is 7.05 Å². The maximum absolute atomic E-state index is 9.64. The molecular formula is C14H20N2O. The number of aliphatic hydroxyl groups excluding tert-OH is 1. The summed E-state index contributed by atoms with van der Waals surface area (Å²) in [7, 11) is 1.99. The minimum Gasteiger partial charge on any atom is -0.393 e. The lowest BCUT2D eigenvalue weighted by molar-refractivity contribution is 0.0744. The Labute approximate surface area is 103 Å². The van der Waals surface area contributed by atoms with Gasteiger partial charge in [-0.05, 0) is 31.2 Å². The van der Waals surface area contributed by atoms with Crippen molar-refractivity contribution in [2.24, 2.45) is 5.10 Å². The van der Waals surface area contributed by atoms with Crippen LogP contribution in [0.15, 0.2) is 35.4 Å². The zero-order valence-electron chi connectivity index (χ0n) is 10.3. The molecule has 1 aromatic carbocycles. The highest BCUT2D eigenvalue weighted by Gasteiger charge is 2.22. The van der Waals surface area contributed by atoms with Crippen molar-refractivity contribution in [2.45, 2.75) is 37.8 Å². The Morgan fingerprint density at radius 2 is 2.06 bits per heavy atom. The minimum atomic E-state index is -0.150. The van der Waals surface area contributed by atoms with Gasteiger partial charge in [0.05, 0.1) is 12.3 Å². The molecule has 1 fully saturated rings. The Bertz CT molecular complexity index is 364. The molecule has 0 unspecified atom stereocenters. The van der Waals surface area contributed by atoms with E-state index >= 15 is 0 Å².